The summed E-state index contributed by atoms with van der Waals surface area (Å²) in [5.41, 5.74) is 2.62. The fourth-order valence-electron chi connectivity index (χ4n) is 3.35. The van der Waals surface area contributed by atoms with E-state index in [0.717, 1.165) is 28.3 Å². The minimum Gasteiger partial charge on any atom is -0.462 e. The van der Waals surface area contributed by atoms with E-state index >= 15 is 0 Å². The second-order valence-corrected chi connectivity index (χ2v) is 7.54. The number of ether oxygens (including phenoxy) is 1. The van der Waals surface area contributed by atoms with Crippen LogP contribution in [0.3, 0.4) is 0 Å². The third-order valence-electron chi connectivity index (χ3n) is 4.66. The van der Waals surface area contributed by atoms with Crippen molar-refractivity contribution in [2.24, 2.45) is 5.16 Å². The van der Waals surface area contributed by atoms with Crippen molar-refractivity contribution < 1.29 is 19.2 Å². The Hall–Kier alpha value is -3.19. The molecule has 2 aromatic heterocycles. The third-order valence-corrected chi connectivity index (χ3v) is 5.95. The first-order valence-corrected chi connectivity index (χ1v) is 10.3. The van der Waals surface area contributed by atoms with Crippen molar-refractivity contribution in [1.29, 1.82) is 0 Å². The second-order valence-electron chi connectivity index (χ2n) is 6.54. The van der Waals surface area contributed by atoms with Gasteiger partial charge in [0.1, 0.15) is 5.00 Å². The van der Waals surface area contributed by atoms with Crippen LogP contribution in [0.2, 0.25) is 0 Å². The van der Waals surface area contributed by atoms with Crippen LogP contribution in [0.15, 0.2) is 60.0 Å². The lowest BCUT2D eigenvalue weighted by molar-refractivity contribution is 0.0508. The van der Waals surface area contributed by atoms with Gasteiger partial charge < -0.3 is 14.1 Å². The summed E-state index contributed by atoms with van der Waals surface area (Å²) < 4.78 is 7.22. The van der Waals surface area contributed by atoms with Crippen molar-refractivity contribution in [3.05, 3.63) is 76.4 Å². The molecular formula is C22H20N2O4S. The quantitative estimate of drug-likeness (QED) is 0.351. The van der Waals surface area contributed by atoms with Crippen LogP contribution in [0.25, 0.3) is 5.00 Å². The van der Waals surface area contributed by atoms with Gasteiger partial charge >= 0.3 is 11.9 Å². The minimum atomic E-state index is -0.502. The Morgan fingerprint density at radius 2 is 1.83 bits per heavy atom. The van der Waals surface area contributed by atoms with E-state index in [9.17, 15) is 9.59 Å². The van der Waals surface area contributed by atoms with Crippen LogP contribution in [-0.2, 0) is 16.0 Å². The summed E-state index contributed by atoms with van der Waals surface area (Å²) in [6, 6.07) is 12.6. The number of thiophene rings is 1. The molecular weight excluding hydrogens is 388 g/mol. The molecule has 0 bridgehead atoms. The molecule has 0 spiro atoms. The van der Waals surface area contributed by atoms with Crippen LogP contribution in [0, 0.1) is 0 Å². The van der Waals surface area contributed by atoms with Gasteiger partial charge in [0.05, 0.1) is 28.3 Å². The van der Waals surface area contributed by atoms with Gasteiger partial charge in [-0.1, -0.05) is 23.4 Å². The van der Waals surface area contributed by atoms with Crippen LogP contribution < -0.4 is 0 Å². The lowest BCUT2D eigenvalue weighted by Gasteiger charge is -2.14. The molecule has 4 rings (SSSR count). The van der Waals surface area contributed by atoms with E-state index in [1.165, 1.54) is 11.3 Å². The maximum absolute atomic E-state index is 12.7. The zero-order valence-electron chi connectivity index (χ0n) is 16.0. The highest BCUT2D eigenvalue weighted by Gasteiger charge is 2.30. The first-order valence-electron chi connectivity index (χ1n) is 9.48. The van der Waals surface area contributed by atoms with Gasteiger partial charge in [0.15, 0.2) is 0 Å². The second kappa shape index (κ2) is 8.45. The van der Waals surface area contributed by atoms with E-state index in [4.69, 9.17) is 9.57 Å². The lowest BCUT2D eigenvalue weighted by Crippen LogP contribution is -2.15. The van der Waals surface area contributed by atoms with Crippen LogP contribution in [-0.4, -0.2) is 28.8 Å². The summed E-state index contributed by atoms with van der Waals surface area (Å²) in [4.78, 5) is 31.0. The molecule has 0 amide bonds. The fraction of sp³-hybridized carbons (Fsp3) is 0.227. The molecule has 0 saturated carbocycles. The molecule has 148 valence electrons. The monoisotopic (exact) mass is 408 g/mol. The molecule has 0 fully saturated rings. The summed E-state index contributed by atoms with van der Waals surface area (Å²) in [7, 11) is 0. The predicted octanol–water partition coefficient (Wildman–Crippen LogP) is 4.61. The molecule has 6 nitrogen and oxygen atoms in total. The molecule has 7 heteroatoms. The van der Waals surface area contributed by atoms with Gasteiger partial charge in [0.2, 0.25) is 0 Å². The summed E-state index contributed by atoms with van der Waals surface area (Å²) in [5, 5.41) is 4.95. The van der Waals surface area contributed by atoms with Crippen LogP contribution in [0.5, 0.6) is 0 Å². The highest BCUT2D eigenvalue weighted by molar-refractivity contribution is 7.17. The Morgan fingerprint density at radius 1 is 1.07 bits per heavy atom. The summed E-state index contributed by atoms with van der Waals surface area (Å²) in [6.07, 6.45) is 6.05. The molecule has 2 heterocycles. The minimum absolute atomic E-state index is 0.310. The van der Waals surface area contributed by atoms with E-state index < -0.39 is 5.97 Å². The number of rotatable bonds is 5. The average Bonchev–Trinajstić information content (AvgIpc) is 3.40. The maximum atomic E-state index is 12.7. The van der Waals surface area contributed by atoms with Crippen molar-refractivity contribution in [2.45, 2.75) is 26.2 Å². The van der Waals surface area contributed by atoms with Gasteiger partial charge in [0, 0.05) is 12.4 Å². The smallest absolute Gasteiger partial charge is 0.365 e. The fourth-order valence-corrected chi connectivity index (χ4v) is 4.66. The number of esters is 1. The summed E-state index contributed by atoms with van der Waals surface area (Å²) in [5.74, 6) is -0.839. The van der Waals surface area contributed by atoms with Crippen LogP contribution >= 0.6 is 11.3 Å². The average molecular weight is 408 g/mol. The van der Waals surface area contributed by atoms with Gasteiger partial charge in [-0.2, -0.15) is 0 Å². The molecule has 1 aliphatic carbocycles. The summed E-state index contributed by atoms with van der Waals surface area (Å²) >= 11 is 1.47. The molecule has 0 aliphatic heterocycles. The van der Waals surface area contributed by atoms with Gasteiger partial charge in [-0.3, -0.25) is 0 Å². The number of hydrogen-bond acceptors (Lipinski definition) is 6. The highest BCUT2D eigenvalue weighted by atomic mass is 32.1. The number of oxime groups is 1. The molecule has 29 heavy (non-hydrogen) atoms. The van der Waals surface area contributed by atoms with Crippen molar-refractivity contribution in [1.82, 2.24) is 4.57 Å². The van der Waals surface area contributed by atoms with Crippen molar-refractivity contribution in [3.63, 3.8) is 0 Å². The predicted molar refractivity (Wildman–Crippen MR) is 111 cm³/mol. The molecule has 1 aliphatic rings. The summed E-state index contributed by atoms with van der Waals surface area (Å²) in [6.45, 7) is 2.10. The topological polar surface area (TPSA) is 69.9 Å². The zero-order valence-corrected chi connectivity index (χ0v) is 16.8. The third kappa shape index (κ3) is 3.86. The first kappa shape index (κ1) is 19.1. The number of carbonyl (C=O) groups excluding carboxylic acids is 2. The molecule has 1 aromatic carbocycles. The van der Waals surface area contributed by atoms with Gasteiger partial charge in [0.25, 0.3) is 0 Å². The van der Waals surface area contributed by atoms with Gasteiger partial charge in [-0.05, 0) is 56.0 Å². The van der Waals surface area contributed by atoms with Gasteiger partial charge in [-0.15, -0.1) is 11.3 Å². The number of hydrogen-bond donors (Lipinski definition) is 0. The Kier molecular flexibility index (Phi) is 5.57. The normalized spacial score (nSPS) is 14.4. The number of fused-ring (bicyclic) bond motifs is 1. The Labute approximate surface area is 172 Å². The number of aromatic nitrogens is 1. The number of nitrogens with zero attached hydrogens (tertiary/aromatic N) is 2. The Balaban J connectivity index is 1.71. The number of benzene rings is 1. The van der Waals surface area contributed by atoms with Crippen LogP contribution in [0.1, 0.15) is 50.9 Å². The van der Waals surface area contributed by atoms with E-state index in [-0.39, 0.29) is 5.97 Å². The molecule has 0 atom stereocenters. The van der Waals surface area contributed by atoms with E-state index in [2.05, 4.69) is 5.16 Å². The largest absolute Gasteiger partial charge is 0.462 e. The highest BCUT2D eigenvalue weighted by Crippen LogP contribution is 2.37. The SMILES string of the molecule is CCOC(=O)c1c(-n2cccc2)sc2c1CCC/C2=N\OC(=O)c1ccccc1. The number of carbonyl (C=O) groups is 2. The van der Waals surface area contributed by atoms with Crippen LogP contribution in [0.4, 0.5) is 0 Å². The molecule has 0 saturated heterocycles. The van der Waals surface area contributed by atoms with E-state index in [1.54, 1.807) is 31.2 Å². The van der Waals surface area contributed by atoms with Crippen molar-refractivity contribution in [2.75, 3.05) is 6.61 Å². The molecule has 0 radical (unpaired) electrons. The Bertz CT molecular complexity index is 1050. The lowest BCUT2D eigenvalue weighted by atomic mass is 9.94. The van der Waals surface area contributed by atoms with Gasteiger partial charge in [-0.25, -0.2) is 9.59 Å². The van der Waals surface area contributed by atoms with E-state index in [1.807, 2.05) is 35.2 Å². The maximum Gasteiger partial charge on any atom is 0.365 e. The standard InChI is InChI=1S/C22H20N2O4S/c1-2-27-22(26)18-16-11-8-12-17(19(16)29-20(18)24-13-6-7-14-24)23-28-21(25)15-9-4-3-5-10-15/h3-7,9-10,13-14H,2,8,11-12H2,1H3/b23-17+. The van der Waals surface area contributed by atoms with E-state index in [0.29, 0.717) is 29.9 Å². The first-order chi connectivity index (χ1) is 14.2. The molecule has 3 aromatic rings. The van der Waals surface area contributed by atoms with Crippen molar-refractivity contribution >= 4 is 29.0 Å². The van der Waals surface area contributed by atoms with Crippen molar-refractivity contribution in [3.8, 4) is 5.00 Å². The molecule has 0 N–H and O–H groups in total. The molecule has 0 unspecified atom stereocenters. The zero-order chi connectivity index (χ0) is 20.2. The Morgan fingerprint density at radius 3 is 2.55 bits per heavy atom.